The highest BCUT2D eigenvalue weighted by Crippen LogP contribution is 2.36. The fraction of sp³-hybridized carbons (Fsp3) is 0.464. The Labute approximate surface area is 205 Å². The number of nitrogens with one attached hydrogen (secondary N) is 1. The Bertz CT molecular complexity index is 1150. The zero-order valence-corrected chi connectivity index (χ0v) is 19.8. The van der Waals surface area contributed by atoms with Crippen molar-refractivity contribution in [2.45, 2.75) is 69.2 Å². The van der Waals surface area contributed by atoms with E-state index in [0.29, 0.717) is 30.5 Å². The molecule has 1 aliphatic carbocycles. The molecule has 3 amide bonds. The number of imide groups is 1. The Hall–Kier alpha value is -3.19. The molecule has 6 rings (SSSR count). The maximum atomic E-state index is 13.0. The molecule has 2 aromatic rings. The van der Waals surface area contributed by atoms with Gasteiger partial charge in [0.05, 0.1) is 0 Å². The van der Waals surface area contributed by atoms with E-state index in [1.54, 1.807) is 4.90 Å². The second-order valence-electron chi connectivity index (χ2n) is 10.3. The molecule has 3 fully saturated rings. The number of carbonyl (C=O) groups excluding carboxylic acids is 3. The number of fused-ring (bicyclic) bond motifs is 1. The molecule has 1 N–H and O–H groups in total. The number of amides is 3. The summed E-state index contributed by atoms with van der Waals surface area (Å²) in [7, 11) is 0. The highest BCUT2D eigenvalue weighted by atomic mass is 16.5. The highest BCUT2D eigenvalue weighted by Gasteiger charge is 2.40. The normalized spacial score (nSPS) is 28.9. The summed E-state index contributed by atoms with van der Waals surface area (Å²) in [5.41, 5.74) is 2.93. The van der Waals surface area contributed by atoms with Gasteiger partial charge in [-0.2, -0.15) is 0 Å². The maximum Gasteiger partial charge on any atom is 0.255 e. The van der Waals surface area contributed by atoms with Gasteiger partial charge in [-0.05, 0) is 73.9 Å². The molecule has 3 heterocycles. The predicted molar refractivity (Wildman–Crippen MR) is 130 cm³/mol. The first-order valence-electron chi connectivity index (χ1n) is 12.8. The molecule has 35 heavy (non-hydrogen) atoms. The number of benzene rings is 2. The van der Waals surface area contributed by atoms with Crippen LogP contribution in [0.1, 0.15) is 65.9 Å². The Morgan fingerprint density at radius 3 is 2.63 bits per heavy atom. The number of hydrogen-bond donors (Lipinski definition) is 1. The van der Waals surface area contributed by atoms with E-state index in [2.05, 4.69) is 40.5 Å². The van der Waals surface area contributed by atoms with Crippen molar-refractivity contribution >= 4 is 17.7 Å². The van der Waals surface area contributed by atoms with Crippen molar-refractivity contribution in [3.05, 3.63) is 65.2 Å². The van der Waals surface area contributed by atoms with E-state index in [-0.39, 0.29) is 30.2 Å². The van der Waals surface area contributed by atoms with E-state index in [1.165, 1.54) is 12.0 Å². The van der Waals surface area contributed by atoms with Crippen LogP contribution in [0.2, 0.25) is 0 Å². The second kappa shape index (κ2) is 9.11. The monoisotopic (exact) mass is 473 g/mol. The van der Waals surface area contributed by atoms with Gasteiger partial charge >= 0.3 is 0 Å². The van der Waals surface area contributed by atoms with Crippen molar-refractivity contribution < 1.29 is 19.1 Å². The number of hydrogen-bond acceptors (Lipinski definition) is 5. The number of piperidine rings is 1. The summed E-state index contributed by atoms with van der Waals surface area (Å²) in [5.74, 6) is 0.570. The van der Waals surface area contributed by atoms with Crippen LogP contribution in [0.4, 0.5) is 0 Å². The van der Waals surface area contributed by atoms with E-state index < -0.39 is 6.04 Å². The zero-order chi connectivity index (χ0) is 23.9. The van der Waals surface area contributed by atoms with E-state index in [1.807, 2.05) is 18.2 Å². The third kappa shape index (κ3) is 4.22. The van der Waals surface area contributed by atoms with Crippen LogP contribution < -0.4 is 10.1 Å². The predicted octanol–water partition coefficient (Wildman–Crippen LogP) is 3.24. The van der Waals surface area contributed by atoms with Crippen molar-refractivity contribution in [1.82, 2.24) is 15.1 Å². The quantitative estimate of drug-likeness (QED) is 0.675. The van der Waals surface area contributed by atoms with Gasteiger partial charge in [0.15, 0.2) is 0 Å². The van der Waals surface area contributed by atoms with Crippen LogP contribution >= 0.6 is 0 Å². The number of likely N-dealkylation sites (tertiary alicyclic amines) is 1. The van der Waals surface area contributed by atoms with E-state index in [0.717, 1.165) is 43.7 Å². The van der Waals surface area contributed by atoms with Crippen molar-refractivity contribution in [3.8, 4) is 5.75 Å². The summed E-state index contributed by atoms with van der Waals surface area (Å²) in [5, 5.41) is 2.36. The van der Waals surface area contributed by atoms with Crippen LogP contribution in [0, 0.1) is 0 Å². The minimum Gasteiger partial charge on any atom is -0.489 e. The lowest BCUT2D eigenvalue weighted by atomic mass is 9.99. The standard InChI is InChI=1S/C28H31N3O4/c32-26-12-11-24(27(33)29-26)31-17-20-15-21(9-10-22(20)28(31)34)35-25-8-4-7-23(25)30-14-13-19(16-30)18-5-2-1-3-6-18/h1-3,5-6,9-10,15,19,23-25H,4,7-8,11-14,16-17H2,(H,29,32,33)/t19-,23-,24?,25-/m1/s1. The maximum absolute atomic E-state index is 13.0. The Morgan fingerprint density at radius 2 is 1.80 bits per heavy atom. The number of carbonyl (C=O) groups is 3. The molecule has 1 saturated carbocycles. The lowest BCUT2D eigenvalue weighted by molar-refractivity contribution is -0.136. The molecule has 0 spiro atoms. The number of rotatable bonds is 5. The van der Waals surface area contributed by atoms with E-state index in [4.69, 9.17) is 4.74 Å². The van der Waals surface area contributed by atoms with Crippen LogP contribution in [0.25, 0.3) is 0 Å². The van der Waals surface area contributed by atoms with Crippen LogP contribution in [0.3, 0.4) is 0 Å². The Morgan fingerprint density at radius 1 is 0.943 bits per heavy atom. The molecule has 0 bridgehead atoms. The van der Waals surface area contributed by atoms with Gasteiger partial charge in [0.25, 0.3) is 5.91 Å². The summed E-state index contributed by atoms with van der Waals surface area (Å²) in [6.07, 6.45) is 5.31. The molecule has 1 unspecified atom stereocenters. The molecule has 0 radical (unpaired) electrons. The summed E-state index contributed by atoms with van der Waals surface area (Å²) < 4.78 is 6.52. The van der Waals surface area contributed by atoms with Crippen LogP contribution in [0.15, 0.2) is 48.5 Å². The third-order valence-electron chi connectivity index (χ3n) is 8.16. The average Bonchev–Trinajstić information content (AvgIpc) is 3.59. The van der Waals surface area contributed by atoms with Gasteiger partial charge in [0.2, 0.25) is 11.8 Å². The molecule has 182 valence electrons. The van der Waals surface area contributed by atoms with Crippen molar-refractivity contribution in [3.63, 3.8) is 0 Å². The molecule has 7 nitrogen and oxygen atoms in total. The summed E-state index contributed by atoms with van der Waals surface area (Å²) in [6.45, 7) is 2.55. The second-order valence-corrected chi connectivity index (χ2v) is 10.3. The fourth-order valence-corrected chi connectivity index (χ4v) is 6.35. The molecule has 3 aliphatic heterocycles. The van der Waals surface area contributed by atoms with Gasteiger partial charge in [0, 0.05) is 31.1 Å². The van der Waals surface area contributed by atoms with Gasteiger partial charge in [0.1, 0.15) is 17.9 Å². The molecule has 2 aromatic carbocycles. The molecular formula is C28H31N3O4. The van der Waals surface area contributed by atoms with Gasteiger partial charge in [-0.1, -0.05) is 30.3 Å². The molecular weight excluding hydrogens is 442 g/mol. The largest absolute Gasteiger partial charge is 0.489 e. The van der Waals surface area contributed by atoms with Crippen LogP contribution in [-0.2, 0) is 16.1 Å². The molecule has 2 saturated heterocycles. The SMILES string of the molecule is O=C1CCC(N2Cc3cc(O[C@@H]4CCC[C@H]4N4CC[C@@H](c5ccccc5)C4)ccc3C2=O)C(=O)N1. The summed E-state index contributed by atoms with van der Waals surface area (Å²) in [6, 6.07) is 16.3. The number of nitrogens with zero attached hydrogens (tertiary/aromatic N) is 2. The van der Waals surface area contributed by atoms with Gasteiger partial charge < -0.3 is 9.64 Å². The van der Waals surface area contributed by atoms with Gasteiger partial charge in [-0.15, -0.1) is 0 Å². The van der Waals surface area contributed by atoms with Crippen LogP contribution in [0.5, 0.6) is 5.75 Å². The van der Waals surface area contributed by atoms with Crippen molar-refractivity contribution in [2.75, 3.05) is 13.1 Å². The first kappa shape index (κ1) is 22.3. The fourth-order valence-electron chi connectivity index (χ4n) is 6.35. The van der Waals surface area contributed by atoms with Gasteiger partial charge in [-0.25, -0.2) is 0 Å². The summed E-state index contributed by atoms with van der Waals surface area (Å²) >= 11 is 0. The van der Waals surface area contributed by atoms with E-state index >= 15 is 0 Å². The minimum atomic E-state index is -0.594. The topological polar surface area (TPSA) is 79.0 Å². The molecule has 0 aromatic heterocycles. The third-order valence-corrected chi connectivity index (χ3v) is 8.16. The first-order valence-corrected chi connectivity index (χ1v) is 12.8. The molecule has 4 atom stereocenters. The zero-order valence-electron chi connectivity index (χ0n) is 19.8. The van der Waals surface area contributed by atoms with Crippen molar-refractivity contribution in [2.24, 2.45) is 0 Å². The summed E-state index contributed by atoms with van der Waals surface area (Å²) in [4.78, 5) is 41.0. The minimum absolute atomic E-state index is 0.144. The smallest absolute Gasteiger partial charge is 0.255 e. The lowest BCUT2D eigenvalue weighted by Gasteiger charge is -2.30. The number of ether oxygens (including phenoxy) is 1. The van der Waals surface area contributed by atoms with E-state index in [9.17, 15) is 14.4 Å². The van der Waals surface area contributed by atoms with Gasteiger partial charge in [-0.3, -0.25) is 24.6 Å². The van der Waals surface area contributed by atoms with Crippen LogP contribution in [-0.4, -0.2) is 58.8 Å². The lowest BCUT2D eigenvalue weighted by Crippen LogP contribution is -2.52. The first-order chi connectivity index (χ1) is 17.1. The Kier molecular flexibility index (Phi) is 5.80. The highest BCUT2D eigenvalue weighted by molar-refractivity contribution is 6.05. The van der Waals surface area contributed by atoms with Crippen molar-refractivity contribution in [1.29, 1.82) is 0 Å². The average molecular weight is 474 g/mol. The Balaban J connectivity index is 1.12. The molecule has 4 aliphatic rings. The molecule has 7 heteroatoms.